The van der Waals surface area contributed by atoms with Crippen LogP contribution in [-0.4, -0.2) is 45.5 Å². The van der Waals surface area contributed by atoms with E-state index in [1.54, 1.807) is 12.4 Å². The number of pyridine rings is 1. The summed E-state index contributed by atoms with van der Waals surface area (Å²) >= 11 is 6.47. The van der Waals surface area contributed by atoms with Crippen molar-refractivity contribution in [1.29, 1.82) is 0 Å². The largest absolute Gasteiger partial charge is 0.345 e. The van der Waals surface area contributed by atoms with Gasteiger partial charge >= 0.3 is 0 Å². The summed E-state index contributed by atoms with van der Waals surface area (Å²) in [6.07, 6.45) is 6.36. The molecule has 0 saturated carbocycles. The number of aromatic amines is 1. The molecule has 3 aromatic heterocycles. The lowest BCUT2D eigenvalue weighted by atomic mass is 10.1. The fourth-order valence-corrected chi connectivity index (χ4v) is 3.28. The molecule has 0 fully saturated rings. The van der Waals surface area contributed by atoms with Gasteiger partial charge in [0.25, 0.3) is 0 Å². The number of H-pyrrole nitrogens is 1. The number of hydrogen-bond donors (Lipinski definition) is 2. The zero-order chi connectivity index (χ0) is 19.5. The fourth-order valence-electron chi connectivity index (χ4n) is 3.03. The van der Waals surface area contributed by atoms with E-state index in [0.717, 1.165) is 40.9 Å². The summed E-state index contributed by atoms with van der Waals surface area (Å²) in [5, 5.41) is 4.90. The number of hydrogen-bond acceptors (Lipinski definition) is 5. The van der Waals surface area contributed by atoms with Crippen molar-refractivity contribution < 1.29 is 0 Å². The summed E-state index contributed by atoms with van der Waals surface area (Å²) in [6.45, 7) is 0.980. The molecule has 0 amide bonds. The van der Waals surface area contributed by atoms with Gasteiger partial charge in [-0.25, -0.2) is 15.0 Å². The second-order valence-electron chi connectivity index (χ2n) is 6.86. The number of rotatable bonds is 6. The van der Waals surface area contributed by atoms with E-state index in [4.69, 9.17) is 11.6 Å². The first-order valence-corrected chi connectivity index (χ1v) is 9.43. The van der Waals surface area contributed by atoms with Gasteiger partial charge in [0.2, 0.25) is 5.95 Å². The van der Waals surface area contributed by atoms with Gasteiger partial charge in [-0.05, 0) is 56.4 Å². The minimum absolute atomic E-state index is 0.499. The van der Waals surface area contributed by atoms with Gasteiger partial charge in [0, 0.05) is 36.1 Å². The SMILES string of the molecule is CN(C)CCc1ccc(Nc2nccc(-c3c[nH]c4ncccc34)n2)c(Cl)c1. The Kier molecular flexibility index (Phi) is 5.23. The third-order valence-electron chi connectivity index (χ3n) is 4.51. The van der Waals surface area contributed by atoms with Gasteiger partial charge in [0.05, 0.1) is 16.4 Å². The van der Waals surface area contributed by atoms with Crippen LogP contribution in [-0.2, 0) is 6.42 Å². The Balaban J connectivity index is 1.57. The first-order valence-electron chi connectivity index (χ1n) is 9.06. The lowest BCUT2D eigenvalue weighted by Gasteiger charge is -2.12. The Labute approximate surface area is 168 Å². The van der Waals surface area contributed by atoms with Gasteiger partial charge < -0.3 is 15.2 Å². The van der Waals surface area contributed by atoms with Crippen molar-refractivity contribution in [2.75, 3.05) is 26.0 Å². The van der Waals surface area contributed by atoms with E-state index in [1.807, 2.05) is 36.5 Å². The summed E-state index contributed by atoms with van der Waals surface area (Å²) < 4.78 is 0. The van der Waals surface area contributed by atoms with E-state index in [1.165, 1.54) is 5.56 Å². The van der Waals surface area contributed by atoms with Crippen LogP contribution in [0.4, 0.5) is 11.6 Å². The number of aromatic nitrogens is 4. The maximum atomic E-state index is 6.47. The number of halogens is 1. The van der Waals surface area contributed by atoms with E-state index in [9.17, 15) is 0 Å². The molecule has 28 heavy (non-hydrogen) atoms. The van der Waals surface area contributed by atoms with Crippen molar-refractivity contribution in [2.24, 2.45) is 0 Å². The smallest absolute Gasteiger partial charge is 0.227 e. The fraction of sp³-hybridized carbons (Fsp3) is 0.190. The molecule has 0 bridgehead atoms. The minimum atomic E-state index is 0.499. The van der Waals surface area contributed by atoms with Gasteiger partial charge in [-0.2, -0.15) is 0 Å². The zero-order valence-electron chi connectivity index (χ0n) is 15.8. The van der Waals surface area contributed by atoms with E-state index in [0.29, 0.717) is 11.0 Å². The monoisotopic (exact) mass is 392 g/mol. The van der Waals surface area contributed by atoms with Crippen molar-refractivity contribution in [3.05, 3.63) is 65.6 Å². The highest BCUT2D eigenvalue weighted by Gasteiger charge is 2.10. The van der Waals surface area contributed by atoms with Crippen LogP contribution in [0, 0.1) is 0 Å². The first kappa shape index (κ1) is 18.4. The van der Waals surface area contributed by atoms with Crippen molar-refractivity contribution in [3.63, 3.8) is 0 Å². The molecular weight excluding hydrogens is 372 g/mol. The highest BCUT2D eigenvalue weighted by Crippen LogP contribution is 2.28. The molecule has 7 heteroatoms. The van der Waals surface area contributed by atoms with Gasteiger partial charge in [-0.3, -0.25) is 0 Å². The lowest BCUT2D eigenvalue weighted by Crippen LogP contribution is -2.15. The summed E-state index contributed by atoms with van der Waals surface area (Å²) in [6, 6.07) is 11.9. The van der Waals surface area contributed by atoms with E-state index < -0.39 is 0 Å². The molecule has 4 aromatic rings. The quantitative estimate of drug-likeness (QED) is 0.504. The van der Waals surface area contributed by atoms with Crippen molar-refractivity contribution >= 4 is 34.3 Å². The molecular formula is C21H21ClN6. The van der Waals surface area contributed by atoms with Crippen LogP contribution in [0.15, 0.2) is 55.0 Å². The Hall–Kier alpha value is -2.96. The third kappa shape index (κ3) is 3.98. The molecule has 0 spiro atoms. The molecule has 2 N–H and O–H groups in total. The molecule has 6 nitrogen and oxygen atoms in total. The molecule has 1 aromatic carbocycles. The van der Waals surface area contributed by atoms with Crippen LogP contribution in [0.2, 0.25) is 5.02 Å². The van der Waals surface area contributed by atoms with Gasteiger partial charge in [0.1, 0.15) is 5.65 Å². The van der Waals surface area contributed by atoms with Gasteiger partial charge in [0.15, 0.2) is 0 Å². The molecule has 0 aliphatic rings. The minimum Gasteiger partial charge on any atom is -0.345 e. The van der Waals surface area contributed by atoms with Crippen molar-refractivity contribution in [1.82, 2.24) is 24.8 Å². The Bertz CT molecular complexity index is 1100. The van der Waals surface area contributed by atoms with Gasteiger partial charge in [-0.1, -0.05) is 17.7 Å². The predicted molar refractivity (Wildman–Crippen MR) is 114 cm³/mol. The Morgan fingerprint density at radius 1 is 1.11 bits per heavy atom. The van der Waals surface area contributed by atoms with E-state index >= 15 is 0 Å². The maximum Gasteiger partial charge on any atom is 0.227 e. The molecule has 0 radical (unpaired) electrons. The number of likely N-dealkylation sites (N-methyl/N-ethyl adjacent to an activating group) is 1. The van der Waals surface area contributed by atoms with Crippen LogP contribution >= 0.6 is 11.6 Å². The number of nitrogens with zero attached hydrogens (tertiary/aromatic N) is 4. The molecule has 0 aliphatic heterocycles. The molecule has 0 saturated heterocycles. The Morgan fingerprint density at radius 3 is 2.82 bits per heavy atom. The number of anilines is 2. The average molecular weight is 393 g/mol. The summed E-state index contributed by atoms with van der Waals surface area (Å²) in [4.78, 5) is 18.6. The standard InChI is InChI=1S/C21H21ClN6/c1-28(2)11-8-14-5-6-19(17(22)12-14)27-21-24-10-7-18(26-21)16-13-25-20-15(16)4-3-9-23-20/h3-7,9-10,12-13H,8,11H2,1-2H3,(H,23,25)(H,24,26,27). The first-order chi connectivity index (χ1) is 13.6. The summed E-state index contributed by atoms with van der Waals surface area (Å²) in [5.74, 6) is 0.499. The molecule has 4 rings (SSSR count). The highest BCUT2D eigenvalue weighted by molar-refractivity contribution is 6.33. The van der Waals surface area contributed by atoms with Crippen LogP contribution in [0.5, 0.6) is 0 Å². The molecule has 142 valence electrons. The van der Waals surface area contributed by atoms with E-state index in [2.05, 4.69) is 50.3 Å². The highest BCUT2D eigenvalue weighted by atomic mass is 35.5. The third-order valence-corrected chi connectivity index (χ3v) is 4.82. The Morgan fingerprint density at radius 2 is 2.00 bits per heavy atom. The number of benzene rings is 1. The van der Waals surface area contributed by atoms with E-state index in [-0.39, 0.29) is 0 Å². The maximum absolute atomic E-state index is 6.47. The zero-order valence-corrected chi connectivity index (χ0v) is 16.5. The lowest BCUT2D eigenvalue weighted by molar-refractivity contribution is 0.413. The molecule has 3 heterocycles. The molecule has 0 aliphatic carbocycles. The van der Waals surface area contributed by atoms with Crippen LogP contribution in [0.25, 0.3) is 22.3 Å². The van der Waals surface area contributed by atoms with Crippen LogP contribution in [0.1, 0.15) is 5.56 Å². The normalized spacial score (nSPS) is 11.3. The number of nitrogens with one attached hydrogen (secondary N) is 2. The second kappa shape index (κ2) is 7.96. The predicted octanol–water partition coefficient (Wildman–Crippen LogP) is 4.52. The van der Waals surface area contributed by atoms with Crippen molar-refractivity contribution in [2.45, 2.75) is 6.42 Å². The topological polar surface area (TPSA) is 69.7 Å². The number of fused-ring (bicyclic) bond motifs is 1. The second-order valence-corrected chi connectivity index (χ2v) is 7.27. The summed E-state index contributed by atoms with van der Waals surface area (Å²) in [7, 11) is 4.12. The van der Waals surface area contributed by atoms with Crippen LogP contribution in [0.3, 0.4) is 0 Å². The summed E-state index contributed by atoms with van der Waals surface area (Å²) in [5.41, 5.74) is 4.62. The van der Waals surface area contributed by atoms with Gasteiger partial charge in [-0.15, -0.1) is 0 Å². The van der Waals surface area contributed by atoms with Crippen LogP contribution < -0.4 is 5.32 Å². The average Bonchev–Trinajstić information content (AvgIpc) is 3.13. The molecule has 0 unspecified atom stereocenters. The van der Waals surface area contributed by atoms with Crippen molar-refractivity contribution in [3.8, 4) is 11.3 Å². The molecule has 0 atom stereocenters.